The van der Waals surface area contributed by atoms with Gasteiger partial charge in [-0.2, -0.15) is 0 Å². The van der Waals surface area contributed by atoms with Crippen molar-refractivity contribution in [3.63, 3.8) is 0 Å². The minimum absolute atomic E-state index is 0.0307. The van der Waals surface area contributed by atoms with Gasteiger partial charge in [-0.3, -0.25) is 9.62 Å². The molecule has 1 fully saturated rings. The summed E-state index contributed by atoms with van der Waals surface area (Å²) in [6.07, 6.45) is 10.1. The van der Waals surface area contributed by atoms with Crippen LogP contribution in [0.2, 0.25) is 0 Å². The number of carbonyl (C=O) groups is 1. The number of rotatable bonds is 3. The first-order chi connectivity index (χ1) is 14.1. The van der Waals surface area contributed by atoms with Gasteiger partial charge in [0.05, 0.1) is 0 Å². The second-order valence-corrected chi connectivity index (χ2v) is 8.50. The second-order valence-electron chi connectivity index (χ2n) is 7.86. The molecule has 1 aromatic rings. The Morgan fingerprint density at radius 1 is 1.17 bits per heavy atom. The van der Waals surface area contributed by atoms with Gasteiger partial charge in [0.2, 0.25) is 0 Å². The van der Waals surface area contributed by atoms with Gasteiger partial charge >= 0.3 is 6.03 Å². The first kappa shape index (κ1) is 20.4. The van der Waals surface area contributed by atoms with Crippen molar-refractivity contribution in [1.29, 1.82) is 0 Å². The Morgan fingerprint density at radius 3 is 2.72 bits per heavy atom. The van der Waals surface area contributed by atoms with Crippen molar-refractivity contribution in [2.45, 2.75) is 44.1 Å². The van der Waals surface area contributed by atoms with Crippen LogP contribution >= 0.6 is 11.9 Å². The van der Waals surface area contributed by atoms with E-state index >= 15 is 0 Å². The molecule has 1 unspecified atom stereocenters. The van der Waals surface area contributed by atoms with E-state index in [2.05, 4.69) is 4.72 Å². The van der Waals surface area contributed by atoms with Crippen LogP contribution in [-0.4, -0.2) is 47.8 Å². The van der Waals surface area contributed by atoms with Crippen molar-refractivity contribution >= 4 is 18.0 Å². The summed E-state index contributed by atoms with van der Waals surface area (Å²) < 4.78 is 32.5. The number of urea groups is 1. The lowest BCUT2D eigenvalue weighted by Crippen LogP contribution is -2.43. The Bertz CT molecular complexity index is 821. The molecule has 1 aromatic carbocycles. The third kappa shape index (κ3) is 4.08. The molecule has 2 atom stereocenters. The van der Waals surface area contributed by atoms with Crippen LogP contribution in [0.25, 0.3) is 0 Å². The molecule has 2 amide bonds. The van der Waals surface area contributed by atoms with Crippen LogP contribution in [0.1, 0.15) is 43.6 Å². The number of hydrogen-bond donors (Lipinski definition) is 1. The molecule has 156 valence electrons. The Balaban J connectivity index is 1.58. The number of hydrogen-bond acceptors (Lipinski definition) is 3. The second kappa shape index (κ2) is 8.88. The smallest absolute Gasteiger partial charge is 0.324 e. The lowest BCUT2D eigenvalue weighted by molar-refractivity contribution is 0.167. The molecule has 0 bridgehead atoms. The summed E-state index contributed by atoms with van der Waals surface area (Å²) in [5.74, 6) is -1.55. The van der Waals surface area contributed by atoms with Crippen molar-refractivity contribution in [1.82, 2.24) is 14.5 Å². The average molecular weight is 420 g/mol. The number of amides is 2. The molecule has 1 N–H and O–H groups in total. The van der Waals surface area contributed by atoms with Crippen molar-refractivity contribution in [2.24, 2.45) is 0 Å². The summed E-state index contributed by atoms with van der Waals surface area (Å²) in [6, 6.07) is 4.36. The van der Waals surface area contributed by atoms with Gasteiger partial charge in [-0.1, -0.05) is 30.2 Å². The van der Waals surface area contributed by atoms with Gasteiger partial charge in [0, 0.05) is 42.9 Å². The number of nitrogens with one attached hydrogen (secondary N) is 1. The fraction of sp³-hybridized carbons (Fsp3) is 0.500. The van der Waals surface area contributed by atoms with E-state index in [0.717, 1.165) is 43.5 Å². The highest BCUT2D eigenvalue weighted by Crippen LogP contribution is 2.43. The van der Waals surface area contributed by atoms with Crippen LogP contribution in [0.15, 0.2) is 41.6 Å². The summed E-state index contributed by atoms with van der Waals surface area (Å²) in [5, 5.41) is 0. The van der Waals surface area contributed by atoms with Gasteiger partial charge in [-0.25, -0.2) is 13.6 Å². The molecule has 29 heavy (non-hydrogen) atoms. The lowest BCUT2D eigenvalue weighted by Gasteiger charge is -2.33. The van der Waals surface area contributed by atoms with Crippen molar-refractivity contribution in [2.75, 3.05) is 25.9 Å². The van der Waals surface area contributed by atoms with Gasteiger partial charge in [-0.15, -0.1) is 0 Å². The summed E-state index contributed by atoms with van der Waals surface area (Å²) in [7, 11) is 0. The van der Waals surface area contributed by atoms with Crippen molar-refractivity contribution < 1.29 is 13.6 Å². The zero-order valence-electron chi connectivity index (χ0n) is 16.7. The van der Waals surface area contributed by atoms with Crippen LogP contribution in [0.5, 0.6) is 0 Å². The highest BCUT2D eigenvalue weighted by Gasteiger charge is 2.38. The molecule has 3 aliphatic rings. The molecule has 4 rings (SSSR count). The molecular weight excluding hydrogens is 392 g/mol. The third-order valence-corrected chi connectivity index (χ3v) is 6.68. The topological polar surface area (TPSA) is 35.6 Å². The predicted molar refractivity (Wildman–Crippen MR) is 112 cm³/mol. The van der Waals surface area contributed by atoms with Crippen LogP contribution in [0.4, 0.5) is 13.6 Å². The fourth-order valence-electron chi connectivity index (χ4n) is 4.73. The first-order valence-electron chi connectivity index (χ1n) is 10.3. The highest BCUT2D eigenvalue weighted by molar-refractivity contribution is 7.96. The van der Waals surface area contributed by atoms with E-state index in [1.807, 2.05) is 23.3 Å². The largest absolute Gasteiger partial charge is 0.324 e. The monoisotopic (exact) mass is 419 g/mol. The average Bonchev–Trinajstić information content (AvgIpc) is 3.01. The van der Waals surface area contributed by atoms with Crippen molar-refractivity contribution in [3.8, 4) is 0 Å². The number of benzene rings is 1. The van der Waals surface area contributed by atoms with Crippen LogP contribution < -0.4 is 4.72 Å². The molecular formula is C22H27F2N3OS. The van der Waals surface area contributed by atoms with Crippen LogP contribution in [0.3, 0.4) is 0 Å². The summed E-state index contributed by atoms with van der Waals surface area (Å²) in [5.41, 5.74) is 1.88. The maximum Gasteiger partial charge on any atom is 0.324 e. The summed E-state index contributed by atoms with van der Waals surface area (Å²) in [6.45, 7) is 1.99. The molecule has 0 spiro atoms. The minimum Gasteiger partial charge on any atom is -0.324 e. The van der Waals surface area contributed by atoms with Gasteiger partial charge in [-0.05, 0) is 56.1 Å². The Hall–Kier alpha value is -1.86. The van der Waals surface area contributed by atoms with Crippen LogP contribution in [-0.2, 0) is 0 Å². The van der Waals surface area contributed by atoms with Crippen molar-refractivity contribution in [3.05, 3.63) is 58.8 Å². The zero-order chi connectivity index (χ0) is 20.4. The molecule has 2 aliphatic heterocycles. The fourth-order valence-corrected chi connectivity index (χ4v) is 5.30. The molecule has 0 saturated carbocycles. The third-order valence-electron chi connectivity index (χ3n) is 6.11. The Labute approximate surface area is 175 Å². The van der Waals surface area contributed by atoms with Gasteiger partial charge < -0.3 is 4.90 Å². The van der Waals surface area contributed by atoms with E-state index in [4.69, 9.17) is 0 Å². The number of carbonyl (C=O) groups excluding carboxylic acids is 1. The van der Waals surface area contributed by atoms with Gasteiger partial charge in [0.15, 0.2) is 0 Å². The van der Waals surface area contributed by atoms with E-state index in [1.165, 1.54) is 18.2 Å². The predicted octanol–water partition coefficient (Wildman–Crippen LogP) is 4.81. The Kier molecular flexibility index (Phi) is 6.25. The number of likely N-dealkylation sites (tertiary alicyclic amines) is 1. The zero-order valence-corrected chi connectivity index (χ0v) is 17.5. The Morgan fingerprint density at radius 2 is 1.97 bits per heavy atom. The van der Waals surface area contributed by atoms with Gasteiger partial charge in [0.25, 0.3) is 0 Å². The minimum atomic E-state index is -0.544. The number of allylic oxidation sites excluding steroid dienone is 3. The number of nitrogens with zero attached hydrogens (tertiary/aromatic N) is 2. The van der Waals surface area contributed by atoms with Crippen LogP contribution in [0, 0.1) is 11.6 Å². The summed E-state index contributed by atoms with van der Waals surface area (Å²) >= 11 is 1.62. The summed E-state index contributed by atoms with van der Waals surface area (Å²) in [4.78, 5) is 17.1. The van der Waals surface area contributed by atoms with E-state index in [-0.39, 0.29) is 11.6 Å². The first-order valence-corrected chi connectivity index (χ1v) is 11.5. The quantitative estimate of drug-likeness (QED) is 0.714. The van der Waals surface area contributed by atoms with E-state index < -0.39 is 17.6 Å². The van der Waals surface area contributed by atoms with E-state index in [0.29, 0.717) is 25.6 Å². The molecule has 1 saturated heterocycles. The maximum atomic E-state index is 14.5. The molecule has 0 aromatic heterocycles. The highest BCUT2D eigenvalue weighted by atomic mass is 32.2. The molecule has 2 heterocycles. The maximum absolute atomic E-state index is 14.5. The lowest BCUT2D eigenvalue weighted by atomic mass is 9.86. The van der Waals surface area contributed by atoms with E-state index in [9.17, 15) is 13.6 Å². The van der Waals surface area contributed by atoms with Gasteiger partial charge in [0.1, 0.15) is 11.6 Å². The molecule has 1 aliphatic carbocycles. The SMILES string of the molecule is CSN[C@H]1CCCN(C(=O)N2CCC3=C2C(c2c(F)cccc2F)CC=C3)CC1. The molecule has 7 heteroatoms. The normalized spacial score (nSPS) is 24.7. The molecule has 0 radical (unpaired) electrons. The standard InChI is InChI=1S/C22H27F2N3OS/c1-29-25-16-6-4-12-26(13-11-16)22(28)27-14-10-15-5-2-7-17(21(15)27)20-18(23)8-3-9-19(20)24/h2-3,5,8-9,16-17,25H,4,6-7,10-14H2,1H3/t16-,17?/m0/s1. The molecule has 4 nitrogen and oxygen atoms in total. The van der Waals surface area contributed by atoms with E-state index in [1.54, 1.807) is 16.8 Å². The number of halogens is 2.